The van der Waals surface area contributed by atoms with E-state index in [0.29, 0.717) is 56.5 Å². The minimum absolute atomic E-state index is 0.0923. The summed E-state index contributed by atoms with van der Waals surface area (Å²) in [6.45, 7) is 1.86. The molecule has 4 atom stereocenters. The second kappa shape index (κ2) is 11.9. The maximum absolute atomic E-state index is 14.9. The zero-order valence-electron chi connectivity index (χ0n) is 21.3. The summed E-state index contributed by atoms with van der Waals surface area (Å²) in [6.07, 6.45) is 2.37. The van der Waals surface area contributed by atoms with Gasteiger partial charge >= 0.3 is 6.03 Å². The highest BCUT2D eigenvalue weighted by Crippen LogP contribution is 2.44. The number of urea groups is 1. The van der Waals surface area contributed by atoms with Crippen LogP contribution in [0.15, 0.2) is 42.5 Å². The molecule has 2 saturated heterocycles. The Morgan fingerprint density at radius 3 is 2.57 bits per heavy atom. The number of halogens is 2. The third kappa shape index (κ3) is 5.80. The number of ether oxygens (including phenoxy) is 1. The molecule has 2 aliphatic rings. The summed E-state index contributed by atoms with van der Waals surface area (Å²) in [7, 11) is 1.63. The Labute approximate surface area is 216 Å². The van der Waals surface area contributed by atoms with Crippen molar-refractivity contribution >= 4 is 6.03 Å². The van der Waals surface area contributed by atoms with Crippen molar-refractivity contribution < 1.29 is 28.5 Å². The maximum atomic E-state index is 14.9. The number of piperidine rings is 1. The highest BCUT2D eigenvalue weighted by atomic mass is 19.2. The first kappa shape index (κ1) is 27.4. The fraction of sp³-hybridized carbons (Fsp3) is 0.536. The van der Waals surface area contributed by atoms with Crippen LogP contribution in [0.2, 0.25) is 0 Å². The van der Waals surface area contributed by atoms with E-state index in [1.54, 1.807) is 41.2 Å². The molecule has 37 heavy (non-hydrogen) atoms. The lowest BCUT2D eigenvalue weighted by Crippen LogP contribution is -2.52. The van der Waals surface area contributed by atoms with Crippen molar-refractivity contribution in [2.75, 3.05) is 39.9 Å². The molecular weight excluding hydrogens is 480 g/mol. The lowest BCUT2D eigenvalue weighted by molar-refractivity contribution is -0.0572. The number of nitrogens with zero attached hydrogens (tertiary/aromatic N) is 2. The number of carbonyl (C=O) groups excluding carboxylic acids is 1. The molecule has 4 N–H and O–H groups in total. The monoisotopic (exact) mass is 517 g/mol. The summed E-state index contributed by atoms with van der Waals surface area (Å²) in [5.41, 5.74) is 5.58. The van der Waals surface area contributed by atoms with E-state index in [2.05, 4.69) is 0 Å². The quantitative estimate of drug-likeness (QED) is 0.466. The molecule has 4 rings (SSSR count). The van der Waals surface area contributed by atoms with Crippen LogP contribution < -0.4 is 5.73 Å². The molecule has 2 aliphatic heterocycles. The molecule has 2 aromatic carbocycles. The second-order valence-corrected chi connectivity index (χ2v) is 10.2. The van der Waals surface area contributed by atoms with Crippen LogP contribution in [0.1, 0.15) is 37.7 Å². The Balaban J connectivity index is 1.67. The Hall–Kier alpha value is -2.59. The van der Waals surface area contributed by atoms with E-state index in [-0.39, 0.29) is 30.6 Å². The summed E-state index contributed by atoms with van der Waals surface area (Å²) in [4.78, 5) is 16.5. The van der Waals surface area contributed by atoms with Crippen LogP contribution in [0.5, 0.6) is 0 Å². The van der Waals surface area contributed by atoms with E-state index in [9.17, 15) is 23.8 Å². The fourth-order valence-electron chi connectivity index (χ4n) is 5.72. The number of methoxy groups -OCH3 is 1. The number of aliphatic hydroxyl groups excluding tert-OH is 1. The summed E-state index contributed by atoms with van der Waals surface area (Å²) < 4.78 is 34.2. The molecule has 0 saturated carbocycles. The van der Waals surface area contributed by atoms with Gasteiger partial charge in [0.1, 0.15) is 0 Å². The van der Waals surface area contributed by atoms with Crippen molar-refractivity contribution in [3.63, 3.8) is 0 Å². The van der Waals surface area contributed by atoms with Crippen LogP contribution in [0.3, 0.4) is 0 Å². The zero-order chi connectivity index (χ0) is 26.6. The number of hydrogen-bond acceptors (Lipinski definition) is 5. The minimum atomic E-state index is -1.39. The third-order valence-electron chi connectivity index (χ3n) is 7.76. The average molecular weight is 518 g/mol. The van der Waals surface area contributed by atoms with Gasteiger partial charge in [-0.15, -0.1) is 0 Å². The van der Waals surface area contributed by atoms with Crippen molar-refractivity contribution in [2.45, 2.75) is 49.9 Å². The zero-order valence-corrected chi connectivity index (χ0v) is 21.3. The van der Waals surface area contributed by atoms with E-state index < -0.39 is 29.4 Å². The standard InChI is InChI=1S/C28H37F2N3O4/c1-37-15-5-4-13-28(36,22-11-3-2-9-20(22)21-10-6-12-23(29)26(21)30)19-8-7-14-32(16-19)27(35)33-17-24(31)25(34)18-33/h2-3,6,9-12,19,24-25,34,36H,4-5,7-8,13-18,31H2,1H3. The largest absolute Gasteiger partial charge is 0.390 e. The van der Waals surface area contributed by atoms with Crippen LogP contribution in [0, 0.1) is 17.6 Å². The lowest BCUT2D eigenvalue weighted by atomic mass is 9.72. The van der Waals surface area contributed by atoms with E-state index in [1.807, 2.05) is 0 Å². The number of nitrogens with two attached hydrogens (primary N) is 1. The summed E-state index contributed by atoms with van der Waals surface area (Å²) in [5.74, 6) is -2.23. The van der Waals surface area contributed by atoms with Crippen LogP contribution >= 0.6 is 0 Å². The fourth-order valence-corrected chi connectivity index (χ4v) is 5.72. The SMILES string of the molecule is COCCCCC(O)(c1ccccc1-c1cccc(F)c1F)C1CCCN(C(=O)N2CC(N)C(O)C2)C1. The van der Waals surface area contributed by atoms with Gasteiger partial charge < -0.3 is 30.5 Å². The van der Waals surface area contributed by atoms with Gasteiger partial charge in [0.15, 0.2) is 11.6 Å². The van der Waals surface area contributed by atoms with Gasteiger partial charge in [0.2, 0.25) is 0 Å². The number of rotatable bonds is 8. The summed E-state index contributed by atoms with van der Waals surface area (Å²) >= 11 is 0. The Morgan fingerprint density at radius 2 is 1.84 bits per heavy atom. The molecule has 2 heterocycles. The molecule has 7 nitrogen and oxygen atoms in total. The molecule has 202 valence electrons. The molecule has 4 unspecified atom stereocenters. The first-order valence-corrected chi connectivity index (χ1v) is 13.0. The number of carbonyl (C=O) groups is 1. The van der Waals surface area contributed by atoms with Gasteiger partial charge in [-0.1, -0.05) is 36.4 Å². The van der Waals surface area contributed by atoms with Gasteiger partial charge in [0.05, 0.1) is 11.7 Å². The van der Waals surface area contributed by atoms with Gasteiger partial charge in [-0.3, -0.25) is 0 Å². The topological polar surface area (TPSA) is 99.3 Å². The highest BCUT2D eigenvalue weighted by Gasteiger charge is 2.44. The second-order valence-electron chi connectivity index (χ2n) is 10.2. The molecule has 0 bridgehead atoms. The Kier molecular flexibility index (Phi) is 8.79. The molecule has 9 heteroatoms. The maximum Gasteiger partial charge on any atom is 0.320 e. The number of amides is 2. The number of hydrogen-bond donors (Lipinski definition) is 3. The smallest absolute Gasteiger partial charge is 0.320 e. The molecule has 0 aromatic heterocycles. The van der Waals surface area contributed by atoms with Gasteiger partial charge in [-0.05, 0) is 49.3 Å². The van der Waals surface area contributed by atoms with Gasteiger partial charge in [0.25, 0.3) is 0 Å². The number of likely N-dealkylation sites (tertiary alicyclic amines) is 2. The van der Waals surface area contributed by atoms with E-state index in [0.717, 1.165) is 12.5 Å². The van der Waals surface area contributed by atoms with Crippen molar-refractivity contribution in [3.05, 3.63) is 59.7 Å². The van der Waals surface area contributed by atoms with Gasteiger partial charge in [-0.25, -0.2) is 13.6 Å². The average Bonchev–Trinajstić information content (AvgIpc) is 3.25. The van der Waals surface area contributed by atoms with E-state index in [4.69, 9.17) is 10.5 Å². The first-order valence-electron chi connectivity index (χ1n) is 13.0. The van der Waals surface area contributed by atoms with Gasteiger partial charge in [-0.2, -0.15) is 0 Å². The molecule has 0 spiro atoms. The molecule has 0 aliphatic carbocycles. The molecule has 2 amide bonds. The number of benzene rings is 2. The number of β-amino-alcohol motifs (C(OH)–C–C–N with tert-alkyl or cyclic N) is 1. The normalized spacial score (nSPS) is 23.8. The van der Waals surface area contributed by atoms with E-state index >= 15 is 0 Å². The predicted molar refractivity (Wildman–Crippen MR) is 137 cm³/mol. The lowest BCUT2D eigenvalue weighted by Gasteiger charge is -2.44. The van der Waals surface area contributed by atoms with Gasteiger partial charge in [0, 0.05) is 57.4 Å². The van der Waals surface area contributed by atoms with Crippen LogP contribution in [0.25, 0.3) is 11.1 Å². The molecular formula is C28H37F2N3O4. The molecule has 0 radical (unpaired) electrons. The summed E-state index contributed by atoms with van der Waals surface area (Å²) in [5, 5.41) is 22.4. The van der Waals surface area contributed by atoms with Crippen LogP contribution in [0.4, 0.5) is 13.6 Å². The number of aliphatic hydroxyl groups is 2. The van der Waals surface area contributed by atoms with Crippen LogP contribution in [-0.4, -0.2) is 78.1 Å². The third-order valence-corrected chi connectivity index (χ3v) is 7.76. The first-order chi connectivity index (χ1) is 17.8. The molecule has 2 aromatic rings. The highest BCUT2D eigenvalue weighted by molar-refractivity contribution is 5.75. The molecule has 2 fully saturated rings. The van der Waals surface area contributed by atoms with Crippen molar-refractivity contribution in [2.24, 2.45) is 11.7 Å². The number of unbranched alkanes of at least 4 members (excludes halogenated alkanes) is 1. The van der Waals surface area contributed by atoms with Crippen molar-refractivity contribution in [1.29, 1.82) is 0 Å². The van der Waals surface area contributed by atoms with Crippen molar-refractivity contribution in [1.82, 2.24) is 9.80 Å². The van der Waals surface area contributed by atoms with Crippen LogP contribution in [-0.2, 0) is 10.3 Å². The van der Waals surface area contributed by atoms with E-state index in [1.165, 1.54) is 12.1 Å². The summed E-state index contributed by atoms with van der Waals surface area (Å²) in [6, 6.07) is 10.4. The Morgan fingerprint density at radius 1 is 1.08 bits per heavy atom. The minimum Gasteiger partial charge on any atom is -0.390 e. The predicted octanol–water partition coefficient (Wildman–Crippen LogP) is 3.47. The van der Waals surface area contributed by atoms with Crippen molar-refractivity contribution in [3.8, 4) is 11.1 Å². The Bertz CT molecular complexity index is 1080.